The van der Waals surface area contributed by atoms with Crippen LogP contribution in [-0.4, -0.2) is 17.3 Å². The first-order valence-corrected chi connectivity index (χ1v) is 8.36. The molecule has 0 aromatic heterocycles. The van der Waals surface area contributed by atoms with Crippen LogP contribution in [0, 0.1) is 19.8 Å². The van der Waals surface area contributed by atoms with Gasteiger partial charge >= 0.3 is 0 Å². The molecular weight excluding hydrogens is 314 g/mol. The van der Waals surface area contributed by atoms with E-state index in [4.69, 9.17) is 0 Å². The predicted octanol–water partition coefficient (Wildman–Crippen LogP) is 4.16. The molecule has 20 heavy (non-hydrogen) atoms. The topological polar surface area (TPSA) is 29.1 Å². The minimum atomic E-state index is 0.101. The first-order chi connectivity index (χ1) is 9.47. The first kappa shape index (κ1) is 17.2. The van der Waals surface area contributed by atoms with Crippen molar-refractivity contribution in [3.05, 3.63) is 34.9 Å². The van der Waals surface area contributed by atoms with E-state index < -0.39 is 0 Å². The SMILES string of the molecule is CCC(CC)C(Br)CNC(=O)Cc1ccc(C)c(C)c1. The minimum Gasteiger partial charge on any atom is -0.355 e. The highest BCUT2D eigenvalue weighted by molar-refractivity contribution is 9.09. The van der Waals surface area contributed by atoms with Gasteiger partial charge in [-0.05, 0) is 36.5 Å². The van der Waals surface area contributed by atoms with Crippen LogP contribution in [0.15, 0.2) is 18.2 Å². The number of hydrogen-bond acceptors (Lipinski definition) is 1. The zero-order chi connectivity index (χ0) is 15.1. The molecular formula is C17H26BrNO. The average Bonchev–Trinajstić information content (AvgIpc) is 2.42. The number of carbonyl (C=O) groups excluding carboxylic acids is 1. The minimum absolute atomic E-state index is 0.101. The van der Waals surface area contributed by atoms with Gasteiger partial charge in [-0.2, -0.15) is 0 Å². The van der Waals surface area contributed by atoms with Crippen molar-refractivity contribution in [3.8, 4) is 0 Å². The van der Waals surface area contributed by atoms with Gasteiger partial charge in [-0.3, -0.25) is 4.79 Å². The van der Waals surface area contributed by atoms with Gasteiger partial charge in [0, 0.05) is 11.4 Å². The molecule has 2 nitrogen and oxygen atoms in total. The van der Waals surface area contributed by atoms with Crippen LogP contribution < -0.4 is 5.32 Å². The molecule has 1 aromatic carbocycles. The Labute approximate surface area is 131 Å². The summed E-state index contributed by atoms with van der Waals surface area (Å²) in [6, 6.07) is 6.21. The van der Waals surface area contributed by atoms with Gasteiger partial charge in [0.2, 0.25) is 5.91 Å². The predicted molar refractivity (Wildman–Crippen MR) is 89.4 cm³/mol. The van der Waals surface area contributed by atoms with Crippen LogP contribution in [0.2, 0.25) is 0 Å². The Balaban J connectivity index is 2.45. The summed E-state index contributed by atoms with van der Waals surface area (Å²) < 4.78 is 0. The van der Waals surface area contributed by atoms with E-state index in [2.05, 4.69) is 61.1 Å². The number of rotatable bonds is 7. The molecule has 0 aliphatic heterocycles. The van der Waals surface area contributed by atoms with Gasteiger partial charge in [0.15, 0.2) is 0 Å². The normalized spacial score (nSPS) is 12.5. The molecule has 0 spiro atoms. The maximum atomic E-state index is 12.0. The Hall–Kier alpha value is -0.830. The lowest BCUT2D eigenvalue weighted by Crippen LogP contribution is -2.33. The number of halogens is 1. The molecule has 0 saturated heterocycles. The Morgan fingerprint density at radius 2 is 1.85 bits per heavy atom. The summed E-state index contributed by atoms with van der Waals surface area (Å²) >= 11 is 3.69. The molecule has 1 N–H and O–H groups in total. The van der Waals surface area contributed by atoms with E-state index in [1.807, 2.05) is 6.07 Å². The zero-order valence-electron chi connectivity index (χ0n) is 13.0. The van der Waals surface area contributed by atoms with E-state index in [0.717, 1.165) is 18.4 Å². The van der Waals surface area contributed by atoms with Gasteiger partial charge in [-0.15, -0.1) is 0 Å². The highest BCUT2D eigenvalue weighted by Crippen LogP contribution is 2.19. The van der Waals surface area contributed by atoms with E-state index in [1.165, 1.54) is 11.1 Å². The average molecular weight is 340 g/mol. The highest BCUT2D eigenvalue weighted by atomic mass is 79.9. The van der Waals surface area contributed by atoms with Gasteiger partial charge in [0.25, 0.3) is 0 Å². The molecule has 1 amide bonds. The summed E-state index contributed by atoms with van der Waals surface area (Å²) in [7, 11) is 0. The number of carbonyl (C=O) groups is 1. The van der Waals surface area contributed by atoms with Crippen molar-refractivity contribution in [3.63, 3.8) is 0 Å². The largest absolute Gasteiger partial charge is 0.355 e. The van der Waals surface area contributed by atoms with Crippen molar-refractivity contribution in [2.45, 2.75) is 51.8 Å². The molecule has 0 heterocycles. The summed E-state index contributed by atoms with van der Waals surface area (Å²) in [5.74, 6) is 0.723. The second kappa shape index (κ2) is 8.46. The fraction of sp³-hybridized carbons (Fsp3) is 0.588. The van der Waals surface area contributed by atoms with E-state index in [1.54, 1.807) is 0 Å². The summed E-state index contributed by atoms with van der Waals surface area (Å²) in [5, 5.41) is 3.03. The lowest BCUT2D eigenvalue weighted by Gasteiger charge is -2.20. The van der Waals surface area contributed by atoms with Crippen LogP contribution in [0.4, 0.5) is 0 Å². The number of nitrogens with one attached hydrogen (secondary N) is 1. The molecule has 0 radical (unpaired) electrons. The van der Waals surface area contributed by atoms with Gasteiger partial charge in [0.1, 0.15) is 0 Å². The Morgan fingerprint density at radius 3 is 2.40 bits per heavy atom. The molecule has 1 rings (SSSR count). The molecule has 3 heteroatoms. The molecule has 1 aromatic rings. The summed E-state index contributed by atoms with van der Waals surface area (Å²) in [6.07, 6.45) is 2.74. The summed E-state index contributed by atoms with van der Waals surface area (Å²) in [6.45, 7) is 9.26. The quantitative estimate of drug-likeness (QED) is 0.742. The van der Waals surface area contributed by atoms with E-state index in [0.29, 0.717) is 23.7 Å². The van der Waals surface area contributed by atoms with Crippen molar-refractivity contribution < 1.29 is 4.79 Å². The molecule has 0 aliphatic rings. The zero-order valence-corrected chi connectivity index (χ0v) is 14.6. The Bertz CT molecular complexity index is 441. The van der Waals surface area contributed by atoms with E-state index in [9.17, 15) is 4.79 Å². The molecule has 0 fully saturated rings. The van der Waals surface area contributed by atoms with Crippen LogP contribution in [0.5, 0.6) is 0 Å². The van der Waals surface area contributed by atoms with Crippen molar-refractivity contribution in [2.75, 3.05) is 6.54 Å². The summed E-state index contributed by atoms with van der Waals surface area (Å²) in [5.41, 5.74) is 3.59. The van der Waals surface area contributed by atoms with Crippen LogP contribution in [-0.2, 0) is 11.2 Å². The Morgan fingerprint density at radius 1 is 1.20 bits per heavy atom. The van der Waals surface area contributed by atoms with Crippen LogP contribution in [0.1, 0.15) is 43.4 Å². The smallest absolute Gasteiger partial charge is 0.224 e. The molecule has 0 bridgehead atoms. The lowest BCUT2D eigenvalue weighted by molar-refractivity contribution is -0.120. The summed E-state index contributed by atoms with van der Waals surface area (Å²) in [4.78, 5) is 12.3. The van der Waals surface area contributed by atoms with Crippen LogP contribution >= 0.6 is 15.9 Å². The van der Waals surface area contributed by atoms with Gasteiger partial charge < -0.3 is 5.32 Å². The number of alkyl halides is 1. The fourth-order valence-corrected chi connectivity index (χ4v) is 3.25. The fourth-order valence-electron chi connectivity index (χ4n) is 2.34. The number of amides is 1. The Kier molecular flexibility index (Phi) is 7.28. The van der Waals surface area contributed by atoms with Gasteiger partial charge in [-0.25, -0.2) is 0 Å². The number of benzene rings is 1. The molecule has 112 valence electrons. The van der Waals surface area contributed by atoms with Crippen LogP contribution in [0.3, 0.4) is 0 Å². The van der Waals surface area contributed by atoms with Crippen molar-refractivity contribution in [1.29, 1.82) is 0 Å². The highest BCUT2D eigenvalue weighted by Gasteiger charge is 2.16. The first-order valence-electron chi connectivity index (χ1n) is 7.44. The van der Waals surface area contributed by atoms with Gasteiger partial charge in [0.05, 0.1) is 6.42 Å². The number of aryl methyl sites for hydroxylation is 2. The number of hydrogen-bond donors (Lipinski definition) is 1. The standard InChI is InChI=1S/C17H26BrNO/c1-5-15(6-2)16(18)11-19-17(20)10-14-8-7-12(3)13(4)9-14/h7-9,15-16H,5-6,10-11H2,1-4H3,(H,19,20). The van der Waals surface area contributed by atoms with Crippen molar-refractivity contribution in [2.24, 2.45) is 5.92 Å². The molecule has 1 atom stereocenters. The monoisotopic (exact) mass is 339 g/mol. The molecule has 0 saturated carbocycles. The molecule has 0 aliphatic carbocycles. The van der Waals surface area contributed by atoms with Crippen molar-refractivity contribution >= 4 is 21.8 Å². The maximum absolute atomic E-state index is 12.0. The molecule has 1 unspecified atom stereocenters. The van der Waals surface area contributed by atoms with Crippen LogP contribution in [0.25, 0.3) is 0 Å². The third-order valence-electron chi connectivity index (χ3n) is 3.99. The third-order valence-corrected chi connectivity index (χ3v) is 5.06. The van der Waals surface area contributed by atoms with E-state index in [-0.39, 0.29) is 5.91 Å². The van der Waals surface area contributed by atoms with Crippen molar-refractivity contribution in [1.82, 2.24) is 5.32 Å². The van der Waals surface area contributed by atoms with E-state index >= 15 is 0 Å². The lowest BCUT2D eigenvalue weighted by atomic mass is 9.99. The maximum Gasteiger partial charge on any atom is 0.224 e. The second-order valence-electron chi connectivity index (χ2n) is 5.49. The van der Waals surface area contributed by atoms with Gasteiger partial charge in [-0.1, -0.05) is 60.8 Å². The second-order valence-corrected chi connectivity index (χ2v) is 6.67. The third kappa shape index (κ3) is 5.28.